The zero-order valence-corrected chi connectivity index (χ0v) is 13.8. The number of hydrazine groups is 1. The van der Waals surface area contributed by atoms with Crippen molar-refractivity contribution in [2.45, 2.75) is 64.2 Å². The van der Waals surface area contributed by atoms with Gasteiger partial charge in [-0.1, -0.05) is 32.1 Å². The van der Waals surface area contributed by atoms with Gasteiger partial charge in [-0.05, 0) is 43.2 Å². The molecule has 120 valence electrons. The number of fused-ring (bicyclic) bond motifs is 1. The van der Waals surface area contributed by atoms with E-state index in [-0.39, 0.29) is 11.8 Å². The van der Waals surface area contributed by atoms with Crippen molar-refractivity contribution in [3.8, 4) is 0 Å². The molecule has 2 amide bonds. The molecule has 0 radical (unpaired) electrons. The molecule has 5 heteroatoms. The summed E-state index contributed by atoms with van der Waals surface area (Å²) in [5.74, 6) is 0.420. The minimum atomic E-state index is -0.189. The zero-order chi connectivity index (χ0) is 15.4. The van der Waals surface area contributed by atoms with Gasteiger partial charge in [0.25, 0.3) is 5.91 Å². The smallest absolute Gasteiger partial charge is 0.273 e. The molecular formula is C17H24N2O2S. The van der Waals surface area contributed by atoms with E-state index in [1.54, 1.807) is 11.3 Å². The van der Waals surface area contributed by atoms with E-state index in [9.17, 15) is 9.59 Å². The summed E-state index contributed by atoms with van der Waals surface area (Å²) in [6.07, 6.45) is 11.2. The van der Waals surface area contributed by atoms with Crippen LogP contribution < -0.4 is 10.9 Å². The first-order chi connectivity index (χ1) is 10.7. The molecule has 1 aromatic rings. The van der Waals surface area contributed by atoms with Crippen molar-refractivity contribution >= 4 is 23.2 Å². The van der Waals surface area contributed by atoms with Gasteiger partial charge < -0.3 is 0 Å². The third-order valence-electron chi connectivity index (χ3n) is 4.79. The van der Waals surface area contributed by atoms with E-state index in [0.717, 1.165) is 19.3 Å². The van der Waals surface area contributed by atoms with Crippen molar-refractivity contribution in [3.05, 3.63) is 21.4 Å². The highest BCUT2D eigenvalue weighted by atomic mass is 32.1. The first-order valence-corrected chi connectivity index (χ1v) is 9.25. The third-order valence-corrected chi connectivity index (χ3v) is 6.03. The largest absolute Gasteiger partial charge is 0.279 e. The molecule has 0 aliphatic heterocycles. The Morgan fingerprint density at radius 2 is 1.91 bits per heavy atom. The molecular weight excluding hydrogens is 296 g/mol. The molecule has 0 unspecified atom stereocenters. The molecule has 0 atom stereocenters. The number of rotatable bonds is 4. The van der Waals surface area contributed by atoms with E-state index < -0.39 is 0 Å². The molecule has 2 aliphatic rings. The second kappa shape index (κ2) is 7.27. The fourth-order valence-electron chi connectivity index (χ4n) is 3.50. The maximum atomic E-state index is 12.0. The van der Waals surface area contributed by atoms with E-state index in [4.69, 9.17) is 0 Å². The van der Waals surface area contributed by atoms with E-state index in [0.29, 0.717) is 17.2 Å². The van der Waals surface area contributed by atoms with Crippen LogP contribution in [0.3, 0.4) is 0 Å². The second-order valence-electron chi connectivity index (χ2n) is 6.46. The second-order valence-corrected chi connectivity index (χ2v) is 7.59. The van der Waals surface area contributed by atoms with Crippen LogP contribution in [-0.4, -0.2) is 11.8 Å². The Balaban J connectivity index is 1.39. The number of amides is 2. The maximum absolute atomic E-state index is 12.0. The summed E-state index contributed by atoms with van der Waals surface area (Å²) in [5.41, 5.74) is 6.40. The Hall–Kier alpha value is -1.36. The lowest BCUT2D eigenvalue weighted by Gasteiger charge is -2.20. The zero-order valence-electron chi connectivity index (χ0n) is 13.0. The van der Waals surface area contributed by atoms with Crippen LogP contribution in [0.15, 0.2) is 6.07 Å². The average Bonchev–Trinajstić information content (AvgIpc) is 3.13. The van der Waals surface area contributed by atoms with Gasteiger partial charge in [0.2, 0.25) is 5.91 Å². The Bertz CT molecular complexity index is 525. The number of carbonyl (C=O) groups is 2. The van der Waals surface area contributed by atoms with Gasteiger partial charge >= 0.3 is 0 Å². The van der Waals surface area contributed by atoms with E-state index in [1.807, 2.05) is 6.07 Å². The van der Waals surface area contributed by atoms with Gasteiger partial charge in [0, 0.05) is 11.3 Å². The van der Waals surface area contributed by atoms with Crippen molar-refractivity contribution in [3.63, 3.8) is 0 Å². The van der Waals surface area contributed by atoms with E-state index >= 15 is 0 Å². The maximum Gasteiger partial charge on any atom is 0.279 e. The summed E-state index contributed by atoms with van der Waals surface area (Å²) in [6.45, 7) is 0. The fourth-order valence-corrected chi connectivity index (χ4v) is 4.65. The van der Waals surface area contributed by atoms with Crippen molar-refractivity contribution in [2.24, 2.45) is 5.92 Å². The molecule has 1 saturated carbocycles. The van der Waals surface area contributed by atoms with Crippen molar-refractivity contribution in [1.82, 2.24) is 10.9 Å². The molecule has 2 N–H and O–H groups in total. The quantitative estimate of drug-likeness (QED) is 0.836. The highest BCUT2D eigenvalue weighted by molar-refractivity contribution is 7.14. The number of aryl methyl sites for hydroxylation is 2. The summed E-state index contributed by atoms with van der Waals surface area (Å²) in [7, 11) is 0. The Morgan fingerprint density at radius 3 is 2.68 bits per heavy atom. The predicted molar refractivity (Wildman–Crippen MR) is 87.8 cm³/mol. The molecule has 1 fully saturated rings. The average molecular weight is 320 g/mol. The van der Waals surface area contributed by atoms with Crippen molar-refractivity contribution in [1.29, 1.82) is 0 Å². The van der Waals surface area contributed by atoms with Gasteiger partial charge in [0.05, 0.1) is 4.88 Å². The van der Waals surface area contributed by atoms with Gasteiger partial charge in [-0.3, -0.25) is 20.4 Å². The summed E-state index contributed by atoms with van der Waals surface area (Å²) in [4.78, 5) is 25.9. The number of thiophene rings is 1. The number of nitrogens with one attached hydrogen (secondary N) is 2. The Labute approximate surface area is 135 Å². The Kier molecular flexibility index (Phi) is 5.13. The number of hydrogen-bond acceptors (Lipinski definition) is 3. The lowest BCUT2D eigenvalue weighted by molar-refractivity contribution is -0.122. The molecule has 1 heterocycles. The molecule has 1 aromatic heterocycles. The molecule has 2 aliphatic carbocycles. The van der Waals surface area contributed by atoms with E-state index in [2.05, 4.69) is 10.9 Å². The molecule has 0 spiro atoms. The molecule has 4 nitrogen and oxygen atoms in total. The molecule has 0 bridgehead atoms. The minimum absolute atomic E-state index is 0.0805. The van der Waals surface area contributed by atoms with Crippen LogP contribution in [0.25, 0.3) is 0 Å². The number of hydrogen-bond donors (Lipinski definition) is 2. The van der Waals surface area contributed by atoms with Crippen LogP contribution in [0.1, 0.15) is 71.5 Å². The van der Waals surface area contributed by atoms with Crippen LogP contribution in [0.4, 0.5) is 0 Å². The van der Waals surface area contributed by atoms with Gasteiger partial charge in [0.15, 0.2) is 0 Å². The normalized spacial score (nSPS) is 18.0. The van der Waals surface area contributed by atoms with Crippen LogP contribution in [-0.2, 0) is 17.6 Å². The summed E-state index contributed by atoms with van der Waals surface area (Å²) < 4.78 is 0. The van der Waals surface area contributed by atoms with Crippen molar-refractivity contribution < 1.29 is 9.59 Å². The van der Waals surface area contributed by atoms with Crippen LogP contribution >= 0.6 is 11.3 Å². The van der Waals surface area contributed by atoms with E-state index in [1.165, 1.54) is 49.0 Å². The Morgan fingerprint density at radius 1 is 1.09 bits per heavy atom. The molecule has 3 rings (SSSR count). The van der Waals surface area contributed by atoms with Crippen LogP contribution in [0, 0.1) is 5.92 Å². The topological polar surface area (TPSA) is 58.2 Å². The lowest BCUT2D eigenvalue weighted by atomic mass is 9.86. The van der Waals surface area contributed by atoms with Gasteiger partial charge in [-0.15, -0.1) is 11.3 Å². The summed E-state index contributed by atoms with van der Waals surface area (Å²) >= 11 is 1.55. The van der Waals surface area contributed by atoms with Gasteiger partial charge in [0.1, 0.15) is 0 Å². The molecule has 0 aromatic carbocycles. The third kappa shape index (κ3) is 3.88. The first kappa shape index (κ1) is 15.5. The van der Waals surface area contributed by atoms with Crippen LogP contribution in [0.5, 0.6) is 0 Å². The van der Waals surface area contributed by atoms with Gasteiger partial charge in [-0.25, -0.2) is 0 Å². The summed E-state index contributed by atoms with van der Waals surface area (Å²) in [5, 5.41) is 0. The predicted octanol–water partition coefficient (Wildman–Crippen LogP) is 3.36. The summed E-state index contributed by atoms with van der Waals surface area (Å²) in [6, 6.07) is 1.97. The van der Waals surface area contributed by atoms with Crippen molar-refractivity contribution in [2.75, 3.05) is 0 Å². The first-order valence-electron chi connectivity index (χ1n) is 8.43. The highest BCUT2D eigenvalue weighted by Crippen LogP contribution is 2.30. The highest BCUT2D eigenvalue weighted by Gasteiger charge is 2.19. The standard InChI is InChI=1S/C17H24N2O2S/c20-16(10-9-12-5-2-1-3-6-12)18-19-17(21)15-11-13-7-4-8-14(13)22-15/h11-12H,1-10H2,(H,18,20)(H,19,21). The number of carbonyl (C=O) groups excluding carboxylic acids is 2. The lowest BCUT2D eigenvalue weighted by Crippen LogP contribution is -2.41. The fraction of sp³-hybridized carbons (Fsp3) is 0.647. The van der Waals surface area contributed by atoms with Gasteiger partial charge in [-0.2, -0.15) is 0 Å². The monoisotopic (exact) mass is 320 g/mol. The molecule has 0 saturated heterocycles. The van der Waals surface area contributed by atoms with Crippen LogP contribution in [0.2, 0.25) is 0 Å². The SMILES string of the molecule is O=C(CCC1CCCCC1)NNC(=O)c1cc2c(s1)CCC2. The molecule has 22 heavy (non-hydrogen) atoms. The minimum Gasteiger partial charge on any atom is -0.273 e.